The quantitative estimate of drug-likeness (QED) is 0.590. The van der Waals surface area contributed by atoms with Crippen molar-refractivity contribution in [1.29, 1.82) is 0 Å². The van der Waals surface area contributed by atoms with Crippen molar-refractivity contribution in [3.8, 4) is 0 Å². The summed E-state index contributed by atoms with van der Waals surface area (Å²) < 4.78 is 5.16. The van der Waals surface area contributed by atoms with Crippen LogP contribution in [0.4, 0.5) is 0 Å². The maximum Gasteiger partial charge on any atom is 0.339 e. The number of esters is 1. The maximum atomic E-state index is 11.9. The van der Waals surface area contributed by atoms with Gasteiger partial charge in [0, 0.05) is 4.88 Å². The zero-order valence-corrected chi connectivity index (χ0v) is 13.0. The van der Waals surface area contributed by atoms with E-state index in [-0.39, 0.29) is 11.1 Å². The Morgan fingerprint density at radius 1 is 1.00 bits per heavy atom. The molecule has 0 aliphatic heterocycles. The van der Waals surface area contributed by atoms with Gasteiger partial charge in [-0.3, -0.25) is 0 Å². The molecule has 2 aromatic rings. The minimum absolute atomic E-state index is 0.0230. The molecule has 0 radical (unpaired) electrons. The van der Waals surface area contributed by atoms with Crippen LogP contribution in [0.5, 0.6) is 0 Å². The van der Waals surface area contributed by atoms with Gasteiger partial charge in [-0.25, -0.2) is 9.59 Å². The van der Waals surface area contributed by atoms with E-state index in [1.807, 2.05) is 6.07 Å². The number of aryl methyl sites for hydroxylation is 1. The fraction of sp³-hybridized carbons (Fsp3) is 0.294. The molecule has 0 atom stereocenters. The van der Waals surface area contributed by atoms with Crippen molar-refractivity contribution in [3.63, 3.8) is 0 Å². The van der Waals surface area contributed by atoms with Gasteiger partial charge < -0.3 is 9.84 Å². The number of carboxylic acid groups (broad SMARTS) is 1. The highest BCUT2D eigenvalue weighted by Gasteiger charge is 2.16. The number of hydrogen-bond donors (Lipinski definition) is 1. The van der Waals surface area contributed by atoms with Crippen LogP contribution in [0.15, 0.2) is 41.8 Å². The van der Waals surface area contributed by atoms with Crippen LogP contribution < -0.4 is 0 Å². The van der Waals surface area contributed by atoms with Crippen LogP contribution in [0.3, 0.4) is 0 Å². The molecule has 1 heterocycles. The molecule has 1 aromatic heterocycles. The van der Waals surface area contributed by atoms with Gasteiger partial charge in [-0.1, -0.05) is 18.2 Å². The minimum atomic E-state index is -1.12. The molecule has 0 aliphatic rings. The smallest absolute Gasteiger partial charge is 0.339 e. The van der Waals surface area contributed by atoms with Crippen LogP contribution in [-0.4, -0.2) is 23.7 Å². The molecule has 0 spiro atoms. The number of ether oxygens (including phenoxy) is 1. The van der Waals surface area contributed by atoms with Gasteiger partial charge in [0.25, 0.3) is 0 Å². The monoisotopic (exact) mass is 318 g/mol. The van der Waals surface area contributed by atoms with Crippen molar-refractivity contribution in [1.82, 2.24) is 0 Å². The second-order valence-corrected chi connectivity index (χ2v) is 5.91. The van der Waals surface area contributed by atoms with E-state index >= 15 is 0 Å². The number of rotatable bonds is 8. The van der Waals surface area contributed by atoms with Gasteiger partial charge in [0.15, 0.2) is 0 Å². The largest absolute Gasteiger partial charge is 0.478 e. The lowest BCUT2D eigenvalue weighted by molar-refractivity contribution is 0.0487. The normalized spacial score (nSPS) is 10.4. The first kappa shape index (κ1) is 16.2. The predicted octanol–water partition coefficient (Wildman–Crippen LogP) is 4.02. The summed E-state index contributed by atoms with van der Waals surface area (Å²) in [4.78, 5) is 24.3. The molecule has 0 saturated carbocycles. The van der Waals surface area contributed by atoms with E-state index < -0.39 is 11.9 Å². The van der Waals surface area contributed by atoms with E-state index in [0.29, 0.717) is 6.61 Å². The number of carbonyl (C=O) groups excluding carboxylic acids is 1. The molecular weight excluding hydrogens is 300 g/mol. The van der Waals surface area contributed by atoms with Crippen LogP contribution in [0.25, 0.3) is 0 Å². The average molecular weight is 318 g/mol. The molecule has 0 fully saturated rings. The second kappa shape index (κ2) is 8.34. The molecule has 116 valence electrons. The Morgan fingerprint density at radius 2 is 1.77 bits per heavy atom. The third-order valence-electron chi connectivity index (χ3n) is 3.26. The van der Waals surface area contributed by atoms with Gasteiger partial charge in [0.05, 0.1) is 17.7 Å². The molecule has 4 nitrogen and oxygen atoms in total. The van der Waals surface area contributed by atoms with Gasteiger partial charge in [0.1, 0.15) is 0 Å². The molecule has 5 heteroatoms. The highest BCUT2D eigenvalue weighted by molar-refractivity contribution is 7.09. The fourth-order valence-corrected chi connectivity index (χ4v) is 2.87. The van der Waals surface area contributed by atoms with Crippen molar-refractivity contribution in [2.24, 2.45) is 0 Å². The van der Waals surface area contributed by atoms with Gasteiger partial charge in [-0.2, -0.15) is 0 Å². The summed E-state index contributed by atoms with van der Waals surface area (Å²) in [6, 6.07) is 10.3. The van der Waals surface area contributed by atoms with E-state index in [2.05, 4.69) is 11.4 Å². The first-order valence-electron chi connectivity index (χ1n) is 7.20. The zero-order valence-electron chi connectivity index (χ0n) is 12.2. The highest BCUT2D eigenvalue weighted by Crippen LogP contribution is 2.13. The lowest BCUT2D eigenvalue weighted by Crippen LogP contribution is -2.12. The van der Waals surface area contributed by atoms with Crippen molar-refractivity contribution < 1.29 is 19.4 Å². The van der Waals surface area contributed by atoms with Crippen molar-refractivity contribution >= 4 is 23.3 Å². The summed E-state index contributed by atoms with van der Waals surface area (Å²) in [7, 11) is 0. The molecule has 22 heavy (non-hydrogen) atoms. The molecule has 2 rings (SSSR count). The van der Waals surface area contributed by atoms with E-state index in [9.17, 15) is 9.59 Å². The van der Waals surface area contributed by atoms with Gasteiger partial charge in [0.2, 0.25) is 0 Å². The highest BCUT2D eigenvalue weighted by atomic mass is 32.1. The first-order chi connectivity index (χ1) is 10.7. The summed E-state index contributed by atoms with van der Waals surface area (Å²) in [6.45, 7) is 0.317. The molecule has 0 saturated heterocycles. The second-order valence-electron chi connectivity index (χ2n) is 4.88. The number of aromatic carboxylic acids is 1. The van der Waals surface area contributed by atoms with Crippen molar-refractivity contribution in [3.05, 3.63) is 57.8 Å². The van der Waals surface area contributed by atoms with Crippen molar-refractivity contribution in [2.45, 2.75) is 25.7 Å². The Labute approximate surface area is 133 Å². The number of carbonyl (C=O) groups is 2. The Morgan fingerprint density at radius 3 is 2.45 bits per heavy atom. The lowest BCUT2D eigenvalue weighted by atomic mass is 10.1. The van der Waals surface area contributed by atoms with Crippen molar-refractivity contribution in [2.75, 3.05) is 6.61 Å². The SMILES string of the molecule is O=C(O)c1ccccc1C(=O)OCCCCCc1cccs1. The number of thiophene rings is 1. The lowest BCUT2D eigenvalue weighted by Gasteiger charge is -2.07. The summed E-state index contributed by atoms with van der Waals surface area (Å²) >= 11 is 1.75. The van der Waals surface area contributed by atoms with Crippen LogP contribution in [0.2, 0.25) is 0 Å². The Balaban J connectivity index is 1.71. The third-order valence-corrected chi connectivity index (χ3v) is 4.19. The van der Waals surface area contributed by atoms with Crippen LogP contribution in [0.1, 0.15) is 44.9 Å². The Kier molecular flexibility index (Phi) is 6.15. The summed E-state index contributed by atoms with van der Waals surface area (Å²) in [5, 5.41) is 11.1. The molecule has 0 aliphatic carbocycles. The average Bonchev–Trinajstić information content (AvgIpc) is 3.03. The van der Waals surface area contributed by atoms with Crippen LogP contribution in [-0.2, 0) is 11.2 Å². The summed E-state index contributed by atoms with van der Waals surface area (Å²) in [5.74, 6) is -1.69. The van der Waals surface area contributed by atoms with Gasteiger partial charge >= 0.3 is 11.9 Å². The molecular formula is C17H18O4S. The molecule has 1 N–H and O–H groups in total. The molecule has 0 amide bonds. The van der Waals surface area contributed by atoms with E-state index in [4.69, 9.17) is 9.84 Å². The van der Waals surface area contributed by atoms with Gasteiger partial charge in [-0.15, -0.1) is 11.3 Å². The summed E-state index contributed by atoms with van der Waals surface area (Å²) in [5.41, 5.74) is 0.0822. The number of carboxylic acids is 1. The predicted molar refractivity (Wildman–Crippen MR) is 85.6 cm³/mol. The number of benzene rings is 1. The Hall–Kier alpha value is -2.14. The topological polar surface area (TPSA) is 63.6 Å². The van der Waals surface area contributed by atoms with E-state index in [0.717, 1.165) is 25.7 Å². The third kappa shape index (κ3) is 4.70. The Bertz CT molecular complexity index is 619. The van der Waals surface area contributed by atoms with Crippen LogP contribution >= 0.6 is 11.3 Å². The van der Waals surface area contributed by atoms with Crippen LogP contribution in [0, 0.1) is 0 Å². The molecule has 0 bridgehead atoms. The molecule has 0 unspecified atom stereocenters. The first-order valence-corrected chi connectivity index (χ1v) is 8.08. The summed E-state index contributed by atoms with van der Waals surface area (Å²) in [6.07, 6.45) is 3.87. The zero-order chi connectivity index (χ0) is 15.8. The standard InChI is InChI=1S/C17H18O4S/c18-16(19)14-9-3-4-10-15(14)17(20)21-11-5-1-2-7-13-8-6-12-22-13/h3-4,6,8-10,12H,1-2,5,7,11H2,(H,18,19). The number of unbranched alkanes of at least 4 members (excludes halogenated alkanes) is 2. The number of hydrogen-bond acceptors (Lipinski definition) is 4. The van der Waals surface area contributed by atoms with Gasteiger partial charge in [-0.05, 0) is 49.3 Å². The molecule has 1 aromatic carbocycles. The fourth-order valence-electron chi connectivity index (χ4n) is 2.12. The van der Waals surface area contributed by atoms with E-state index in [1.165, 1.54) is 17.0 Å². The maximum absolute atomic E-state index is 11.9. The van der Waals surface area contributed by atoms with E-state index in [1.54, 1.807) is 23.5 Å². The minimum Gasteiger partial charge on any atom is -0.478 e.